The van der Waals surface area contributed by atoms with Gasteiger partial charge >= 0.3 is 0 Å². The summed E-state index contributed by atoms with van der Waals surface area (Å²) in [5.74, 6) is -0.00302. The second-order valence-corrected chi connectivity index (χ2v) is 6.36. The van der Waals surface area contributed by atoms with Crippen molar-refractivity contribution < 1.29 is 13.9 Å². The van der Waals surface area contributed by atoms with Crippen LogP contribution >= 0.6 is 0 Å². The number of carbonyl (C=O) groups excluding carboxylic acids is 1. The number of rotatable bonds is 4. The summed E-state index contributed by atoms with van der Waals surface area (Å²) in [7, 11) is 0. The van der Waals surface area contributed by atoms with Gasteiger partial charge in [-0.2, -0.15) is 5.21 Å². The maximum atomic E-state index is 13.4. The Morgan fingerprint density at radius 1 is 1.26 bits per heavy atom. The van der Waals surface area contributed by atoms with Crippen molar-refractivity contribution in [2.75, 3.05) is 19.7 Å². The van der Waals surface area contributed by atoms with E-state index in [0.29, 0.717) is 43.1 Å². The number of aromatic nitrogens is 4. The number of tetrazole rings is 1. The Bertz CT molecular complexity index is 931. The highest BCUT2D eigenvalue weighted by Gasteiger charge is 2.27. The number of amides is 1. The van der Waals surface area contributed by atoms with Crippen LogP contribution in [0.3, 0.4) is 0 Å². The molecule has 138 valence electrons. The van der Waals surface area contributed by atoms with E-state index in [1.54, 1.807) is 23.1 Å². The number of hydrogen-bond acceptors (Lipinski definition) is 5. The number of nitrogens with one attached hydrogen (secondary N) is 1. The van der Waals surface area contributed by atoms with Crippen LogP contribution in [0.1, 0.15) is 15.9 Å². The fourth-order valence-electron chi connectivity index (χ4n) is 3.26. The van der Waals surface area contributed by atoms with Gasteiger partial charge in [-0.05, 0) is 29.0 Å². The highest BCUT2D eigenvalue weighted by molar-refractivity contribution is 6.00. The van der Waals surface area contributed by atoms with Gasteiger partial charge in [0.2, 0.25) is 5.82 Å². The minimum atomic E-state index is -0.273. The first-order chi connectivity index (χ1) is 13.2. The van der Waals surface area contributed by atoms with E-state index < -0.39 is 0 Å². The minimum Gasteiger partial charge on any atom is -0.374 e. The van der Waals surface area contributed by atoms with Crippen LogP contribution in [-0.2, 0) is 11.2 Å². The lowest BCUT2D eigenvalue weighted by molar-refractivity contribution is -0.0208. The Hall–Kier alpha value is -3.13. The van der Waals surface area contributed by atoms with Crippen LogP contribution in [0.15, 0.2) is 48.5 Å². The number of halogens is 1. The Morgan fingerprint density at radius 2 is 2.15 bits per heavy atom. The van der Waals surface area contributed by atoms with Gasteiger partial charge in [-0.15, -0.1) is 10.2 Å². The van der Waals surface area contributed by atoms with Crippen LogP contribution in [0.25, 0.3) is 11.4 Å². The molecule has 1 aliphatic rings. The Balaban J connectivity index is 1.51. The maximum absolute atomic E-state index is 13.4. The van der Waals surface area contributed by atoms with Crippen LogP contribution in [-0.4, -0.2) is 57.2 Å². The summed E-state index contributed by atoms with van der Waals surface area (Å²) < 4.78 is 19.2. The highest BCUT2D eigenvalue weighted by atomic mass is 19.1. The smallest absolute Gasteiger partial charge is 0.254 e. The molecule has 1 saturated heterocycles. The van der Waals surface area contributed by atoms with E-state index in [2.05, 4.69) is 20.6 Å². The van der Waals surface area contributed by atoms with Crippen molar-refractivity contribution in [2.24, 2.45) is 0 Å². The Morgan fingerprint density at radius 3 is 2.96 bits per heavy atom. The lowest BCUT2D eigenvalue weighted by atomic mass is 10.0. The zero-order valence-electron chi connectivity index (χ0n) is 14.5. The summed E-state index contributed by atoms with van der Waals surface area (Å²) >= 11 is 0. The van der Waals surface area contributed by atoms with Gasteiger partial charge < -0.3 is 9.64 Å². The number of aromatic amines is 1. The van der Waals surface area contributed by atoms with E-state index in [0.717, 1.165) is 5.56 Å². The van der Waals surface area contributed by atoms with Crippen LogP contribution in [0.2, 0.25) is 0 Å². The van der Waals surface area contributed by atoms with E-state index in [4.69, 9.17) is 4.74 Å². The number of benzene rings is 2. The third kappa shape index (κ3) is 3.85. The molecule has 2 heterocycles. The first kappa shape index (κ1) is 17.3. The average molecular weight is 367 g/mol. The van der Waals surface area contributed by atoms with Gasteiger partial charge in [0.05, 0.1) is 18.3 Å². The number of ether oxygens (including phenoxy) is 1. The van der Waals surface area contributed by atoms with Gasteiger partial charge in [-0.25, -0.2) is 4.39 Å². The largest absolute Gasteiger partial charge is 0.374 e. The molecule has 1 amide bonds. The third-order valence-corrected chi connectivity index (χ3v) is 4.52. The number of H-pyrrole nitrogens is 1. The van der Waals surface area contributed by atoms with Crippen LogP contribution < -0.4 is 0 Å². The molecule has 0 unspecified atom stereocenters. The van der Waals surface area contributed by atoms with Crippen LogP contribution in [0.4, 0.5) is 4.39 Å². The van der Waals surface area contributed by atoms with Crippen molar-refractivity contribution in [1.29, 1.82) is 0 Å². The molecule has 0 aliphatic carbocycles. The third-order valence-electron chi connectivity index (χ3n) is 4.52. The van der Waals surface area contributed by atoms with Gasteiger partial charge in [0, 0.05) is 25.1 Å². The second-order valence-electron chi connectivity index (χ2n) is 6.36. The minimum absolute atomic E-state index is 0.108. The summed E-state index contributed by atoms with van der Waals surface area (Å²) in [6.07, 6.45) is 0.371. The zero-order valence-corrected chi connectivity index (χ0v) is 14.5. The fraction of sp³-hybridized carbons (Fsp3) is 0.263. The zero-order chi connectivity index (χ0) is 18.6. The number of carbonyl (C=O) groups is 1. The normalized spacial score (nSPS) is 17.1. The van der Waals surface area contributed by atoms with Gasteiger partial charge in [0.25, 0.3) is 5.91 Å². The first-order valence-corrected chi connectivity index (χ1v) is 8.69. The lowest BCUT2D eigenvalue weighted by Gasteiger charge is -2.33. The Kier molecular flexibility index (Phi) is 4.88. The molecule has 0 bridgehead atoms. The van der Waals surface area contributed by atoms with Crippen molar-refractivity contribution in [3.63, 3.8) is 0 Å². The molecule has 27 heavy (non-hydrogen) atoms. The van der Waals surface area contributed by atoms with E-state index in [1.165, 1.54) is 12.1 Å². The molecule has 1 aromatic heterocycles. The SMILES string of the molecule is O=C(c1ccccc1-c1nn[nH]n1)N1CCO[C@H](Cc2cccc(F)c2)C1. The predicted molar refractivity (Wildman–Crippen MR) is 95.4 cm³/mol. The maximum Gasteiger partial charge on any atom is 0.254 e. The average Bonchev–Trinajstić information content (AvgIpc) is 3.22. The molecule has 1 fully saturated rings. The van der Waals surface area contributed by atoms with Crippen molar-refractivity contribution in [3.8, 4) is 11.4 Å². The molecule has 1 atom stereocenters. The molecule has 0 radical (unpaired) electrons. The second kappa shape index (κ2) is 7.63. The predicted octanol–water partition coefficient (Wildman–Crippen LogP) is 2.09. The van der Waals surface area contributed by atoms with Gasteiger partial charge in [0.1, 0.15) is 5.82 Å². The Labute approximate surface area is 155 Å². The molecule has 1 aliphatic heterocycles. The van der Waals surface area contributed by atoms with Gasteiger partial charge in [-0.1, -0.05) is 30.3 Å². The number of nitrogens with zero attached hydrogens (tertiary/aromatic N) is 4. The molecular formula is C19H18FN5O2. The molecule has 1 N–H and O–H groups in total. The van der Waals surface area contributed by atoms with Gasteiger partial charge in [0.15, 0.2) is 0 Å². The fourth-order valence-corrected chi connectivity index (χ4v) is 3.26. The van der Waals surface area contributed by atoms with Crippen molar-refractivity contribution in [2.45, 2.75) is 12.5 Å². The summed E-state index contributed by atoms with van der Waals surface area (Å²) in [5, 5.41) is 13.9. The van der Waals surface area contributed by atoms with E-state index in [1.807, 2.05) is 18.2 Å². The standard InChI is InChI=1S/C19H18FN5O2/c20-14-5-3-4-13(10-14)11-15-12-25(8-9-27-15)19(26)17-7-2-1-6-16(17)18-21-23-24-22-18/h1-7,10,15H,8-9,11-12H2,(H,21,22,23,24)/t15-/m1/s1. The lowest BCUT2D eigenvalue weighted by Crippen LogP contribution is -2.46. The molecular weight excluding hydrogens is 349 g/mol. The first-order valence-electron chi connectivity index (χ1n) is 8.69. The van der Waals surface area contributed by atoms with E-state index in [9.17, 15) is 9.18 Å². The monoisotopic (exact) mass is 367 g/mol. The molecule has 0 saturated carbocycles. The number of hydrogen-bond donors (Lipinski definition) is 1. The highest BCUT2D eigenvalue weighted by Crippen LogP contribution is 2.22. The summed E-state index contributed by atoms with van der Waals surface area (Å²) in [6, 6.07) is 13.6. The van der Waals surface area contributed by atoms with Crippen LogP contribution in [0.5, 0.6) is 0 Å². The van der Waals surface area contributed by atoms with Crippen molar-refractivity contribution in [1.82, 2.24) is 25.5 Å². The summed E-state index contributed by atoms with van der Waals surface area (Å²) in [6.45, 7) is 1.38. The molecule has 7 nitrogen and oxygen atoms in total. The molecule has 2 aromatic carbocycles. The van der Waals surface area contributed by atoms with Gasteiger partial charge in [-0.3, -0.25) is 4.79 Å². The van der Waals surface area contributed by atoms with Crippen molar-refractivity contribution >= 4 is 5.91 Å². The molecule has 0 spiro atoms. The van der Waals surface area contributed by atoms with Crippen LogP contribution in [0, 0.1) is 5.82 Å². The van der Waals surface area contributed by atoms with E-state index >= 15 is 0 Å². The van der Waals surface area contributed by atoms with Crippen molar-refractivity contribution in [3.05, 3.63) is 65.5 Å². The topological polar surface area (TPSA) is 84.0 Å². The number of morpholine rings is 1. The quantitative estimate of drug-likeness (QED) is 0.763. The molecule has 4 rings (SSSR count). The molecule has 3 aromatic rings. The summed E-state index contributed by atoms with van der Waals surface area (Å²) in [4.78, 5) is 14.8. The van der Waals surface area contributed by atoms with E-state index in [-0.39, 0.29) is 17.8 Å². The molecule has 8 heteroatoms. The summed E-state index contributed by atoms with van der Waals surface area (Å²) in [5.41, 5.74) is 2.00.